The lowest BCUT2D eigenvalue weighted by molar-refractivity contribution is -0.122. The molecule has 1 saturated carbocycles. The Morgan fingerprint density at radius 2 is 1.80 bits per heavy atom. The number of hydrogen-bond acceptors (Lipinski definition) is 2. The molecule has 3 N–H and O–H groups in total. The van der Waals surface area contributed by atoms with Gasteiger partial charge in [-0.1, -0.05) is 41.0 Å². The predicted octanol–water partition coefficient (Wildman–Crippen LogP) is 1.66. The van der Waals surface area contributed by atoms with Gasteiger partial charge in [0.1, 0.15) is 0 Å². The zero-order valence-electron chi connectivity index (χ0n) is 10.6. The molecular weight excluding hydrogens is 188 g/mol. The van der Waals surface area contributed by atoms with Crippen LogP contribution in [0.4, 0.5) is 0 Å². The summed E-state index contributed by atoms with van der Waals surface area (Å²) >= 11 is 0. The van der Waals surface area contributed by atoms with Crippen molar-refractivity contribution in [1.29, 1.82) is 0 Å². The summed E-state index contributed by atoms with van der Waals surface area (Å²) in [5, 5.41) is 3.06. The van der Waals surface area contributed by atoms with Crippen LogP contribution < -0.4 is 11.1 Å². The largest absolute Gasteiger partial charge is 0.351 e. The molecule has 0 radical (unpaired) electrons. The van der Waals surface area contributed by atoms with Gasteiger partial charge in [-0.2, -0.15) is 0 Å². The Morgan fingerprint density at radius 1 is 1.33 bits per heavy atom. The number of amides is 1. The Kier molecular flexibility index (Phi) is 3.15. The second kappa shape index (κ2) is 3.78. The molecule has 1 amide bonds. The molecule has 3 heteroatoms. The van der Waals surface area contributed by atoms with Crippen LogP contribution >= 0.6 is 0 Å². The fourth-order valence-electron chi connectivity index (χ4n) is 2.25. The Balaban J connectivity index is 2.48. The number of rotatable bonds is 4. The van der Waals surface area contributed by atoms with E-state index in [0.29, 0.717) is 0 Å². The first-order valence-electron chi connectivity index (χ1n) is 5.81. The number of carbonyl (C=O) groups excluding carboxylic acids is 1. The topological polar surface area (TPSA) is 55.1 Å². The van der Waals surface area contributed by atoms with Gasteiger partial charge in [0.25, 0.3) is 0 Å². The molecule has 0 heterocycles. The summed E-state index contributed by atoms with van der Waals surface area (Å²) in [6.45, 7) is 10.8. The van der Waals surface area contributed by atoms with Crippen molar-refractivity contribution >= 4 is 5.91 Å². The normalized spacial score (nSPS) is 24.7. The highest BCUT2D eigenvalue weighted by atomic mass is 16.2. The molecule has 0 saturated heterocycles. The molecule has 0 unspecified atom stereocenters. The number of carbonyl (C=O) groups is 1. The molecule has 1 aliphatic rings. The third kappa shape index (κ3) is 2.03. The molecule has 1 rings (SSSR count). The second-order valence-electron chi connectivity index (χ2n) is 5.78. The van der Waals surface area contributed by atoms with Crippen LogP contribution in [0, 0.1) is 10.8 Å². The van der Waals surface area contributed by atoms with E-state index >= 15 is 0 Å². The zero-order chi connectivity index (χ0) is 11.9. The van der Waals surface area contributed by atoms with Crippen LogP contribution in [-0.2, 0) is 4.79 Å². The van der Waals surface area contributed by atoms with Gasteiger partial charge in [0.2, 0.25) is 5.91 Å². The van der Waals surface area contributed by atoms with Gasteiger partial charge < -0.3 is 11.1 Å². The second-order valence-corrected chi connectivity index (χ2v) is 5.78. The molecule has 0 aromatic carbocycles. The quantitative estimate of drug-likeness (QED) is 0.744. The van der Waals surface area contributed by atoms with Crippen LogP contribution in [-0.4, -0.2) is 18.0 Å². The fourth-order valence-corrected chi connectivity index (χ4v) is 2.25. The summed E-state index contributed by atoms with van der Waals surface area (Å²) in [6, 6.07) is -0.0809. The summed E-state index contributed by atoms with van der Waals surface area (Å²) in [6.07, 6.45) is 1.71. The Labute approximate surface area is 92.8 Å². The van der Waals surface area contributed by atoms with Crippen LogP contribution in [0.5, 0.6) is 0 Å². The summed E-state index contributed by atoms with van der Waals surface area (Å²) in [4.78, 5) is 11.7. The van der Waals surface area contributed by atoms with Crippen molar-refractivity contribution in [2.24, 2.45) is 16.6 Å². The van der Waals surface area contributed by atoms with Crippen LogP contribution in [0.1, 0.15) is 47.5 Å². The minimum absolute atomic E-state index is 0.000463. The minimum atomic E-state index is -0.345. The van der Waals surface area contributed by atoms with Crippen LogP contribution in [0.25, 0.3) is 0 Å². The monoisotopic (exact) mass is 212 g/mol. The summed E-state index contributed by atoms with van der Waals surface area (Å²) in [5.41, 5.74) is 6.15. The van der Waals surface area contributed by atoms with Crippen molar-refractivity contribution in [3.8, 4) is 0 Å². The standard InChI is InChI=1S/C12H24N2O/c1-6-7-8(13)9(15)14-10-11(2,3)12(10,4)5/h8,10H,6-7,13H2,1-5H3,(H,14,15)/t8-/m1/s1. The molecule has 0 bridgehead atoms. The molecule has 1 fully saturated rings. The molecule has 15 heavy (non-hydrogen) atoms. The van der Waals surface area contributed by atoms with E-state index < -0.39 is 0 Å². The van der Waals surface area contributed by atoms with E-state index in [1.54, 1.807) is 0 Å². The van der Waals surface area contributed by atoms with Crippen molar-refractivity contribution in [3.63, 3.8) is 0 Å². The fraction of sp³-hybridized carbons (Fsp3) is 0.917. The lowest BCUT2D eigenvalue weighted by atomic mass is 10.0. The van der Waals surface area contributed by atoms with Gasteiger partial charge in [-0.3, -0.25) is 4.79 Å². The molecule has 0 aromatic heterocycles. The van der Waals surface area contributed by atoms with E-state index in [4.69, 9.17) is 5.73 Å². The average Bonchev–Trinajstić information content (AvgIpc) is 2.48. The van der Waals surface area contributed by atoms with E-state index in [1.165, 1.54) is 0 Å². The van der Waals surface area contributed by atoms with Gasteiger partial charge in [0.05, 0.1) is 6.04 Å². The first-order valence-corrected chi connectivity index (χ1v) is 5.81. The van der Waals surface area contributed by atoms with Crippen LogP contribution in [0.15, 0.2) is 0 Å². The van der Waals surface area contributed by atoms with Crippen LogP contribution in [0.3, 0.4) is 0 Å². The maximum absolute atomic E-state index is 11.7. The highest BCUT2D eigenvalue weighted by Gasteiger charge is 2.65. The number of nitrogens with two attached hydrogens (primary N) is 1. The van der Waals surface area contributed by atoms with Crippen LogP contribution in [0.2, 0.25) is 0 Å². The van der Waals surface area contributed by atoms with Gasteiger partial charge in [0.15, 0.2) is 0 Å². The summed E-state index contributed by atoms with van der Waals surface area (Å²) in [5.74, 6) is 0.000463. The predicted molar refractivity (Wildman–Crippen MR) is 62.4 cm³/mol. The number of hydrogen-bond donors (Lipinski definition) is 2. The van der Waals surface area contributed by atoms with Crippen molar-refractivity contribution in [2.75, 3.05) is 0 Å². The van der Waals surface area contributed by atoms with Gasteiger partial charge in [-0.05, 0) is 17.3 Å². The van der Waals surface area contributed by atoms with Crippen molar-refractivity contribution < 1.29 is 4.79 Å². The highest BCUT2D eigenvalue weighted by Crippen LogP contribution is 2.62. The molecular formula is C12H24N2O. The third-order valence-corrected chi connectivity index (χ3v) is 4.24. The SMILES string of the molecule is CCC[C@@H](N)C(=O)NC1C(C)(C)C1(C)C. The molecule has 1 aliphatic carbocycles. The molecule has 1 atom stereocenters. The van der Waals surface area contributed by atoms with Gasteiger partial charge in [-0.25, -0.2) is 0 Å². The van der Waals surface area contributed by atoms with Crippen molar-refractivity contribution in [1.82, 2.24) is 5.32 Å². The zero-order valence-corrected chi connectivity index (χ0v) is 10.6. The lowest BCUT2D eigenvalue weighted by Crippen LogP contribution is -2.43. The van der Waals surface area contributed by atoms with Crippen molar-refractivity contribution in [2.45, 2.75) is 59.5 Å². The number of nitrogens with one attached hydrogen (secondary N) is 1. The Bertz CT molecular complexity index is 244. The van der Waals surface area contributed by atoms with Gasteiger partial charge >= 0.3 is 0 Å². The third-order valence-electron chi connectivity index (χ3n) is 4.24. The first kappa shape index (κ1) is 12.5. The van der Waals surface area contributed by atoms with E-state index in [1.807, 2.05) is 6.92 Å². The van der Waals surface area contributed by atoms with E-state index in [-0.39, 0.29) is 28.8 Å². The lowest BCUT2D eigenvalue weighted by Gasteiger charge is -2.12. The average molecular weight is 212 g/mol. The summed E-state index contributed by atoms with van der Waals surface area (Å²) < 4.78 is 0. The molecule has 88 valence electrons. The van der Waals surface area contributed by atoms with Crippen molar-refractivity contribution in [3.05, 3.63) is 0 Å². The molecule has 0 aliphatic heterocycles. The van der Waals surface area contributed by atoms with E-state index in [2.05, 4.69) is 33.0 Å². The van der Waals surface area contributed by atoms with E-state index in [0.717, 1.165) is 12.8 Å². The Morgan fingerprint density at radius 3 is 2.13 bits per heavy atom. The Hall–Kier alpha value is -0.570. The first-order chi connectivity index (χ1) is 6.75. The van der Waals surface area contributed by atoms with Gasteiger partial charge in [-0.15, -0.1) is 0 Å². The smallest absolute Gasteiger partial charge is 0.237 e. The van der Waals surface area contributed by atoms with E-state index in [9.17, 15) is 4.79 Å². The molecule has 0 aromatic rings. The minimum Gasteiger partial charge on any atom is -0.351 e. The summed E-state index contributed by atoms with van der Waals surface area (Å²) in [7, 11) is 0. The molecule has 0 spiro atoms. The maximum Gasteiger partial charge on any atom is 0.237 e. The molecule has 3 nitrogen and oxygen atoms in total. The maximum atomic E-state index is 11.7. The highest BCUT2D eigenvalue weighted by molar-refractivity contribution is 5.82. The van der Waals surface area contributed by atoms with Gasteiger partial charge in [0, 0.05) is 6.04 Å².